The number of carbonyl (C=O) groups is 1. The molecule has 0 saturated carbocycles. The molecule has 0 spiro atoms. The van der Waals surface area contributed by atoms with Gasteiger partial charge in [-0.3, -0.25) is 4.79 Å². The number of rotatable bonds is 6. The number of carbonyl (C=O) groups excluding carboxylic acids is 1. The van der Waals surface area contributed by atoms with Crippen molar-refractivity contribution in [2.45, 2.75) is 66.4 Å². The Kier molecular flexibility index (Phi) is 8.82. The van der Waals surface area contributed by atoms with Gasteiger partial charge in [-0.25, -0.2) is 0 Å². The van der Waals surface area contributed by atoms with E-state index < -0.39 is 0 Å². The van der Waals surface area contributed by atoms with Crippen molar-refractivity contribution in [1.29, 1.82) is 0 Å². The Hall–Kier alpha value is -1.06. The summed E-state index contributed by atoms with van der Waals surface area (Å²) in [6.45, 7) is 14.9. The molecular weight excluding hydrogens is 346 g/mol. The average Bonchev–Trinajstić information content (AvgIpc) is 2.55. The van der Waals surface area contributed by atoms with Gasteiger partial charge in [-0.2, -0.15) is 0 Å². The number of aryl methyl sites for hydroxylation is 2. The number of hydrogen-bond acceptors (Lipinski definition) is 2. The van der Waals surface area contributed by atoms with E-state index in [1.54, 1.807) is 0 Å². The normalized spacial score (nSPS) is 12.7. The van der Waals surface area contributed by atoms with Crippen LogP contribution in [-0.4, -0.2) is 11.6 Å². The minimum Gasteiger partial charge on any atom is -1.00 e. The Morgan fingerprint density at radius 2 is 1.63 bits per heavy atom. The maximum absolute atomic E-state index is 12.9. The molecule has 0 aliphatic rings. The SMILES string of the molecule is CCC(C)Oc1ccc(PC(=O)c2c(C)cc(C(C)(C)C)cc2C)cc1.[H-].[Li+]. The maximum atomic E-state index is 12.9. The van der Waals surface area contributed by atoms with Gasteiger partial charge in [0, 0.05) is 5.56 Å². The molecule has 2 unspecified atom stereocenters. The smallest absolute Gasteiger partial charge is 1.00 e. The number of hydrogen-bond donors (Lipinski definition) is 0. The molecule has 2 aromatic carbocycles. The number of ether oxygens (including phenoxy) is 1. The molecule has 4 heteroatoms. The Bertz CT molecular complexity index is 759. The van der Waals surface area contributed by atoms with Gasteiger partial charge in [-0.05, 0) is 75.3 Å². The summed E-state index contributed by atoms with van der Waals surface area (Å²) < 4.78 is 5.81. The van der Waals surface area contributed by atoms with E-state index in [9.17, 15) is 4.79 Å². The summed E-state index contributed by atoms with van der Waals surface area (Å²) in [5.74, 6) is 0.863. The van der Waals surface area contributed by atoms with Crippen LogP contribution in [0.2, 0.25) is 0 Å². The van der Waals surface area contributed by atoms with Crippen LogP contribution < -0.4 is 28.9 Å². The first-order valence-corrected chi connectivity index (χ1v) is 10.3. The zero-order chi connectivity index (χ0) is 19.5. The summed E-state index contributed by atoms with van der Waals surface area (Å²) in [7, 11) is 0.130. The molecule has 0 aliphatic heterocycles. The van der Waals surface area contributed by atoms with E-state index in [2.05, 4.69) is 46.8 Å². The van der Waals surface area contributed by atoms with Crippen molar-refractivity contribution >= 4 is 19.4 Å². The molecule has 0 radical (unpaired) electrons. The van der Waals surface area contributed by atoms with Crippen molar-refractivity contribution in [2.75, 3.05) is 0 Å². The van der Waals surface area contributed by atoms with Crippen LogP contribution in [0.1, 0.15) is 69.5 Å². The minimum absolute atomic E-state index is 0. The molecule has 0 saturated heterocycles. The minimum atomic E-state index is 0. The van der Waals surface area contributed by atoms with E-state index in [0.29, 0.717) is 0 Å². The van der Waals surface area contributed by atoms with E-state index in [1.165, 1.54) is 5.56 Å². The van der Waals surface area contributed by atoms with Crippen LogP contribution in [0.15, 0.2) is 36.4 Å². The standard InChI is InChI=1S/C23H31O2P.Li.H/c1-8-17(4)25-19-9-11-20(12-10-19)26-22(24)21-15(2)13-18(14-16(21)3)23(5,6)7;;/h9-14,17,26H,8H2,1-7H3;;/q;+1;-1. The van der Waals surface area contributed by atoms with Crippen LogP contribution in [0.5, 0.6) is 5.75 Å². The summed E-state index contributed by atoms with van der Waals surface area (Å²) in [5.41, 5.74) is 4.59. The van der Waals surface area contributed by atoms with Crippen molar-refractivity contribution < 1.29 is 29.8 Å². The topological polar surface area (TPSA) is 26.3 Å². The summed E-state index contributed by atoms with van der Waals surface area (Å²) in [5, 5.41) is 1.05. The van der Waals surface area contributed by atoms with Crippen LogP contribution >= 0.6 is 8.58 Å². The monoisotopic (exact) mass is 378 g/mol. The largest absolute Gasteiger partial charge is 1.00 e. The maximum Gasteiger partial charge on any atom is 1.00 e. The molecule has 0 aromatic heterocycles. The fourth-order valence-electron chi connectivity index (χ4n) is 2.88. The van der Waals surface area contributed by atoms with Crippen LogP contribution in [0, 0.1) is 13.8 Å². The third-order valence-electron chi connectivity index (χ3n) is 4.65. The van der Waals surface area contributed by atoms with Gasteiger partial charge < -0.3 is 6.16 Å². The summed E-state index contributed by atoms with van der Waals surface area (Å²) in [6.07, 6.45) is 1.18. The van der Waals surface area contributed by atoms with Gasteiger partial charge in [-0.1, -0.05) is 52.0 Å². The second-order valence-corrected chi connectivity index (χ2v) is 9.33. The van der Waals surface area contributed by atoms with Crippen molar-refractivity contribution in [3.63, 3.8) is 0 Å². The van der Waals surface area contributed by atoms with E-state index in [1.807, 2.05) is 38.1 Å². The molecule has 27 heavy (non-hydrogen) atoms. The van der Waals surface area contributed by atoms with Gasteiger partial charge in [0.25, 0.3) is 0 Å². The quantitative estimate of drug-likeness (QED) is 0.571. The van der Waals surface area contributed by atoms with Crippen molar-refractivity contribution in [2.24, 2.45) is 0 Å². The fourth-order valence-corrected chi connectivity index (χ4v) is 4.00. The Morgan fingerprint density at radius 1 is 1.11 bits per heavy atom. The van der Waals surface area contributed by atoms with Gasteiger partial charge in [0.2, 0.25) is 0 Å². The van der Waals surface area contributed by atoms with E-state index in [-0.39, 0.29) is 45.9 Å². The Balaban J connectivity index is 0.00000364. The zero-order valence-corrected chi connectivity index (χ0v) is 19.1. The predicted molar refractivity (Wildman–Crippen MR) is 115 cm³/mol. The molecule has 0 aliphatic carbocycles. The molecule has 0 heterocycles. The first-order chi connectivity index (χ1) is 12.1. The molecule has 0 N–H and O–H groups in total. The third kappa shape index (κ3) is 6.50. The van der Waals surface area contributed by atoms with Crippen LogP contribution in [0.4, 0.5) is 0 Å². The molecule has 2 rings (SSSR count). The van der Waals surface area contributed by atoms with Crippen molar-refractivity contribution in [3.05, 3.63) is 58.7 Å². The second-order valence-electron chi connectivity index (χ2n) is 8.05. The molecule has 0 amide bonds. The van der Waals surface area contributed by atoms with Gasteiger partial charge in [0.1, 0.15) is 5.75 Å². The van der Waals surface area contributed by atoms with Crippen molar-refractivity contribution in [3.8, 4) is 5.75 Å². The van der Waals surface area contributed by atoms with Crippen LogP contribution in [0.25, 0.3) is 0 Å². The van der Waals surface area contributed by atoms with Gasteiger partial charge in [-0.15, -0.1) is 0 Å². The van der Waals surface area contributed by atoms with E-state index in [4.69, 9.17) is 4.74 Å². The molecule has 0 bridgehead atoms. The van der Waals surface area contributed by atoms with Crippen LogP contribution in [-0.2, 0) is 5.41 Å². The third-order valence-corrected chi connectivity index (χ3v) is 5.75. The second kappa shape index (κ2) is 9.93. The van der Waals surface area contributed by atoms with E-state index in [0.717, 1.165) is 34.2 Å². The molecule has 0 fully saturated rings. The van der Waals surface area contributed by atoms with Gasteiger partial charge >= 0.3 is 18.9 Å². The summed E-state index contributed by atoms with van der Waals surface area (Å²) in [4.78, 5) is 12.9. The molecule has 2 atom stereocenters. The molecule has 2 aromatic rings. The Morgan fingerprint density at radius 3 is 2.07 bits per heavy atom. The van der Waals surface area contributed by atoms with Crippen molar-refractivity contribution in [1.82, 2.24) is 0 Å². The first kappa shape index (κ1) is 24.0. The number of benzene rings is 2. The van der Waals surface area contributed by atoms with E-state index >= 15 is 0 Å². The van der Waals surface area contributed by atoms with Gasteiger partial charge in [0.05, 0.1) is 6.10 Å². The average molecular weight is 378 g/mol. The van der Waals surface area contributed by atoms with Gasteiger partial charge in [0.15, 0.2) is 5.52 Å². The van der Waals surface area contributed by atoms with Crippen LogP contribution in [0.3, 0.4) is 0 Å². The predicted octanol–water partition coefficient (Wildman–Crippen LogP) is 3.04. The zero-order valence-electron chi connectivity index (χ0n) is 19.1. The molecule has 142 valence electrons. The fraction of sp³-hybridized carbons (Fsp3) is 0.435. The Labute approximate surface area is 179 Å². The molecular formula is C23H32LiO2P. The molecule has 2 nitrogen and oxygen atoms in total. The summed E-state index contributed by atoms with van der Waals surface area (Å²) in [6, 6.07) is 12.3. The first-order valence-electron chi connectivity index (χ1n) is 9.31. The summed E-state index contributed by atoms with van der Waals surface area (Å²) >= 11 is 0.